The normalized spacial score (nSPS) is 11.2. The lowest BCUT2D eigenvalue weighted by molar-refractivity contribution is -0.113. The highest BCUT2D eigenvalue weighted by atomic mass is 35.5. The molecule has 154 valence electrons. The standard InChI is InChI=1S/C22H23ClFNO4/c1-13(26)17(12-25(2)3)22(27)16-10-15(19(28-4)11-20(16)29-5)9-14-7-6-8-18(23)21(14)24/h6-8,10-12H,9H2,1-5H3/b17-12+. The molecule has 0 aromatic heterocycles. The maximum atomic E-state index is 14.4. The van der Waals surface area contributed by atoms with Crippen LogP contribution >= 0.6 is 11.6 Å². The minimum atomic E-state index is -0.531. The molecule has 0 aliphatic rings. The van der Waals surface area contributed by atoms with Gasteiger partial charge in [-0.05, 0) is 30.2 Å². The monoisotopic (exact) mass is 419 g/mol. The Hall–Kier alpha value is -2.86. The minimum Gasteiger partial charge on any atom is -0.496 e. The van der Waals surface area contributed by atoms with Gasteiger partial charge in [0.2, 0.25) is 5.78 Å². The summed E-state index contributed by atoms with van der Waals surface area (Å²) in [6.07, 6.45) is 1.61. The summed E-state index contributed by atoms with van der Waals surface area (Å²) in [6, 6.07) is 7.84. The molecule has 0 amide bonds. The molecular weight excluding hydrogens is 397 g/mol. The highest BCUT2D eigenvalue weighted by molar-refractivity contribution is 6.30. The molecule has 0 fully saturated rings. The van der Waals surface area contributed by atoms with Crippen molar-refractivity contribution in [3.8, 4) is 11.5 Å². The number of methoxy groups -OCH3 is 2. The van der Waals surface area contributed by atoms with Crippen LogP contribution < -0.4 is 9.47 Å². The molecule has 0 aliphatic heterocycles. The summed E-state index contributed by atoms with van der Waals surface area (Å²) in [5, 5.41) is 0.0130. The quantitative estimate of drug-likeness (QED) is 0.276. The van der Waals surface area contributed by atoms with E-state index in [0.717, 1.165) is 0 Å². The van der Waals surface area contributed by atoms with Crippen LogP contribution in [0.4, 0.5) is 4.39 Å². The van der Waals surface area contributed by atoms with Crippen LogP contribution in [0, 0.1) is 5.82 Å². The fourth-order valence-corrected chi connectivity index (χ4v) is 3.08. The molecule has 0 saturated heterocycles. The number of rotatable bonds is 8. The average Bonchev–Trinajstić information content (AvgIpc) is 2.68. The number of hydrogen-bond donors (Lipinski definition) is 0. The van der Waals surface area contributed by atoms with Crippen LogP contribution in [0.1, 0.15) is 28.4 Å². The zero-order valence-corrected chi connectivity index (χ0v) is 17.8. The second-order valence-corrected chi connectivity index (χ2v) is 7.05. The molecule has 0 bridgehead atoms. The van der Waals surface area contributed by atoms with E-state index in [1.165, 1.54) is 33.4 Å². The van der Waals surface area contributed by atoms with Crippen LogP contribution in [0.5, 0.6) is 11.5 Å². The summed E-state index contributed by atoms with van der Waals surface area (Å²) in [4.78, 5) is 26.7. The maximum Gasteiger partial charge on any atom is 0.201 e. The highest BCUT2D eigenvalue weighted by Crippen LogP contribution is 2.33. The maximum absolute atomic E-state index is 14.4. The van der Waals surface area contributed by atoms with Crippen LogP contribution in [-0.4, -0.2) is 44.8 Å². The molecule has 0 N–H and O–H groups in total. The number of allylic oxidation sites excluding steroid dienone is 1. The number of benzene rings is 2. The molecular formula is C22H23ClFNO4. The van der Waals surface area contributed by atoms with Crippen molar-refractivity contribution < 1.29 is 23.5 Å². The summed E-state index contributed by atoms with van der Waals surface area (Å²) < 4.78 is 25.1. The Morgan fingerprint density at radius 1 is 1.10 bits per heavy atom. The van der Waals surface area contributed by atoms with Gasteiger partial charge in [-0.3, -0.25) is 9.59 Å². The average molecular weight is 420 g/mol. The molecule has 2 aromatic rings. The lowest BCUT2D eigenvalue weighted by Crippen LogP contribution is -2.16. The van der Waals surface area contributed by atoms with Crippen LogP contribution in [0.3, 0.4) is 0 Å². The number of ether oxygens (including phenoxy) is 2. The molecule has 0 heterocycles. The second kappa shape index (κ2) is 9.56. The molecule has 0 unspecified atom stereocenters. The summed E-state index contributed by atoms with van der Waals surface area (Å²) in [7, 11) is 6.33. The van der Waals surface area contributed by atoms with Gasteiger partial charge in [-0.15, -0.1) is 0 Å². The van der Waals surface area contributed by atoms with Crippen molar-refractivity contribution in [3.05, 3.63) is 69.6 Å². The summed E-state index contributed by atoms with van der Waals surface area (Å²) >= 11 is 5.88. The van der Waals surface area contributed by atoms with E-state index in [4.69, 9.17) is 21.1 Å². The third-order valence-electron chi connectivity index (χ3n) is 4.27. The van der Waals surface area contributed by atoms with Gasteiger partial charge in [0.25, 0.3) is 0 Å². The fourth-order valence-electron chi connectivity index (χ4n) is 2.88. The van der Waals surface area contributed by atoms with E-state index < -0.39 is 11.6 Å². The first-order valence-corrected chi connectivity index (χ1v) is 9.19. The molecule has 2 aromatic carbocycles. The van der Waals surface area contributed by atoms with Crippen molar-refractivity contribution in [1.82, 2.24) is 4.90 Å². The summed E-state index contributed by atoms with van der Waals surface area (Å²) in [6.45, 7) is 1.32. The van der Waals surface area contributed by atoms with Gasteiger partial charge in [0.1, 0.15) is 17.3 Å². The van der Waals surface area contributed by atoms with Crippen molar-refractivity contribution in [2.24, 2.45) is 0 Å². The molecule has 7 heteroatoms. The van der Waals surface area contributed by atoms with Crippen molar-refractivity contribution in [2.45, 2.75) is 13.3 Å². The SMILES string of the molecule is COc1cc(OC)c(C(=O)/C(=C/N(C)C)C(C)=O)cc1Cc1cccc(Cl)c1F. The molecule has 0 aliphatic carbocycles. The third-order valence-corrected chi connectivity index (χ3v) is 4.56. The largest absolute Gasteiger partial charge is 0.496 e. The Balaban J connectivity index is 2.61. The van der Waals surface area contributed by atoms with E-state index in [0.29, 0.717) is 16.9 Å². The molecule has 5 nitrogen and oxygen atoms in total. The van der Waals surface area contributed by atoms with Gasteiger partial charge in [0, 0.05) is 32.8 Å². The Morgan fingerprint density at radius 2 is 1.76 bits per heavy atom. The Morgan fingerprint density at radius 3 is 2.31 bits per heavy atom. The zero-order chi connectivity index (χ0) is 21.7. The van der Waals surface area contributed by atoms with Crippen LogP contribution in [0.2, 0.25) is 5.02 Å². The van der Waals surface area contributed by atoms with Gasteiger partial charge in [-0.2, -0.15) is 0 Å². The predicted octanol–water partition coefficient (Wildman–Crippen LogP) is 4.30. The van der Waals surface area contributed by atoms with E-state index in [1.807, 2.05) is 0 Å². The first-order chi connectivity index (χ1) is 13.7. The number of Topliss-reactive ketones (excluding diaryl/α,β-unsaturated/α-hetero) is 2. The zero-order valence-electron chi connectivity index (χ0n) is 17.0. The van der Waals surface area contributed by atoms with Crippen LogP contribution in [0.15, 0.2) is 42.1 Å². The number of carbonyl (C=O) groups is 2. The molecule has 0 saturated carbocycles. The second-order valence-electron chi connectivity index (χ2n) is 6.65. The number of halogens is 2. The van der Waals surface area contributed by atoms with E-state index >= 15 is 0 Å². The molecule has 0 atom stereocenters. The number of ketones is 2. The van der Waals surface area contributed by atoms with Gasteiger partial charge < -0.3 is 14.4 Å². The van der Waals surface area contributed by atoms with E-state index in [9.17, 15) is 14.0 Å². The molecule has 0 radical (unpaired) electrons. The number of nitrogens with zero attached hydrogens (tertiary/aromatic N) is 1. The summed E-state index contributed by atoms with van der Waals surface area (Å²) in [5.41, 5.74) is 1.12. The molecule has 29 heavy (non-hydrogen) atoms. The van der Waals surface area contributed by atoms with Gasteiger partial charge in [-0.25, -0.2) is 4.39 Å². The fraction of sp³-hybridized carbons (Fsp3) is 0.273. The number of carbonyl (C=O) groups excluding carboxylic acids is 2. The predicted molar refractivity (Wildman–Crippen MR) is 111 cm³/mol. The lowest BCUT2D eigenvalue weighted by atomic mass is 9.95. The number of hydrogen-bond acceptors (Lipinski definition) is 5. The van der Waals surface area contributed by atoms with Gasteiger partial charge in [-0.1, -0.05) is 23.7 Å². The van der Waals surface area contributed by atoms with Crippen molar-refractivity contribution in [2.75, 3.05) is 28.3 Å². The summed E-state index contributed by atoms with van der Waals surface area (Å²) in [5.74, 6) is -0.703. The lowest BCUT2D eigenvalue weighted by Gasteiger charge is -2.16. The van der Waals surface area contributed by atoms with Gasteiger partial charge in [0.15, 0.2) is 5.78 Å². The Bertz CT molecular complexity index is 970. The van der Waals surface area contributed by atoms with Crippen LogP contribution in [0.25, 0.3) is 0 Å². The topological polar surface area (TPSA) is 55.8 Å². The highest BCUT2D eigenvalue weighted by Gasteiger charge is 2.23. The van der Waals surface area contributed by atoms with E-state index in [2.05, 4.69) is 0 Å². The van der Waals surface area contributed by atoms with Crippen LogP contribution in [-0.2, 0) is 11.2 Å². The van der Waals surface area contributed by atoms with Gasteiger partial charge >= 0.3 is 0 Å². The first-order valence-electron chi connectivity index (χ1n) is 8.81. The first kappa shape index (κ1) is 22.4. The molecule has 0 spiro atoms. The Labute approximate surface area is 174 Å². The van der Waals surface area contributed by atoms with E-state index in [-0.39, 0.29) is 34.1 Å². The Kier molecular flexibility index (Phi) is 7.40. The molecule has 2 rings (SSSR count). The smallest absolute Gasteiger partial charge is 0.201 e. The van der Waals surface area contributed by atoms with Gasteiger partial charge in [0.05, 0.1) is 30.4 Å². The minimum absolute atomic E-state index is 0.0124. The third kappa shape index (κ3) is 5.15. The van der Waals surface area contributed by atoms with Crippen molar-refractivity contribution in [1.29, 1.82) is 0 Å². The van der Waals surface area contributed by atoms with Crippen molar-refractivity contribution >= 4 is 23.2 Å². The van der Waals surface area contributed by atoms with E-state index in [1.54, 1.807) is 43.3 Å². The van der Waals surface area contributed by atoms with Crippen molar-refractivity contribution in [3.63, 3.8) is 0 Å².